The molecule has 0 heterocycles. The zero-order chi connectivity index (χ0) is 17.1. The van der Waals surface area contributed by atoms with Gasteiger partial charge in [0, 0.05) is 18.8 Å². The summed E-state index contributed by atoms with van der Waals surface area (Å²) in [5, 5.41) is 9.26. The van der Waals surface area contributed by atoms with Crippen molar-refractivity contribution in [2.75, 3.05) is 19.4 Å². The minimum Gasteiger partial charge on any atom is -0.395 e. The maximum Gasteiger partial charge on any atom is 0.243 e. The van der Waals surface area contributed by atoms with Crippen molar-refractivity contribution in [3.63, 3.8) is 0 Å². The average Bonchev–Trinajstić information content (AvgIpc) is 2.52. The lowest BCUT2D eigenvalue weighted by molar-refractivity contribution is 0.199. The number of aliphatic hydroxyl groups excluding tert-OH is 1. The van der Waals surface area contributed by atoms with Crippen LogP contribution in [0.3, 0.4) is 0 Å². The van der Waals surface area contributed by atoms with Crippen LogP contribution >= 0.6 is 0 Å². The van der Waals surface area contributed by atoms with E-state index in [1.54, 1.807) is 0 Å². The zero-order valence-corrected chi connectivity index (χ0v) is 14.8. The van der Waals surface area contributed by atoms with E-state index in [1.807, 2.05) is 0 Å². The van der Waals surface area contributed by atoms with Crippen molar-refractivity contribution < 1.29 is 21.9 Å². The van der Waals surface area contributed by atoms with E-state index in [-0.39, 0.29) is 29.0 Å². The summed E-state index contributed by atoms with van der Waals surface area (Å²) in [7, 11) is -7.32. The molecule has 1 fully saturated rings. The maximum atomic E-state index is 12.9. The Morgan fingerprint density at radius 1 is 1.09 bits per heavy atom. The number of sulfone groups is 1. The molecule has 0 spiro atoms. The first-order valence-corrected chi connectivity index (χ1v) is 11.0. The lowest BCUT2D eigenvalue weighted by Crippen LogP contribution is -2.43. The van der Waals surface area contributed by atoms with Gasteiger partial charge in [-0.3, -0.25) is 0 Å². The van der Waals surface area contributed by atoms with Gasteiger partial charge in [-0.2, -0.15) is 4.31 Å². The Morgan fingerprint density at radius 2 is 1.70 bits per heavy atom. The molecule has 130 valence electrons. The molecular weight excluding hydrogens is 338 g/mol. The smallest absolute Gasteiger partial charge is 0.243 e. The highest BCUT2D eigenvalue weighted by Gasteiger charge is 2.32. The monoisotopic (exact) mass is 361 g/mol. The van der Waals surface area contributed by atoms with E-state index < -0.39 is 19.9 Å². The fraction of sp³-hybridized carbons (Fsp3) is 0.600. The lowest BCUT2D eigenvalue weighted by atomic mass is 9.95. The van der Waals surface area contributed by atoms with Crippen LogP contribution in [0.4, 0.5) is 0 Å². The molecule has 0 atom stereocenters. The van der Waals surface area contributed by atoms with Gasteiger partial charge < -0.3 is 5.11 Å². The standard InChI is InChI=1S/C15H23NO5S2/c1-22(18,19)14-8-5-9-15(12-14)23(20,21)16(10-11-17)13-6-3-2-4-7-13/h5,8-9,12-13,17H,2-4,6-7,10-11H2,1H3. The first kappa shape index (κ1) is 18.4. The van der Waals surface area contributed by atoms with Gasteiger partial charge in [0.1, 0.15) is 0 Å². The van der Waals surface area contributed by atoms with Crippen LogP contribution in [-0.2, 0) is 19.9 Å². The first-order valence-electron chi connectivity index (χ1n) is 7.69. The maximum absolute atomic E-state index is 12.9. The molecule has 1 aliphatic carbocycles. The van der Waals surface area contributed by atoms with Gasteiger partial charge in [0.15, 0.2) is 9.84 Å². The van der Waals surface area contributed by atoms with Crippen LogP contribution in [0.15, 0.2) is 34.1 Å². The molecule has 23 heavy (non-hydrogen) atoms. The minimum atomic E-state index is -3.84. The summed E-state index contributed by atoms with van der Waals surface area (Å²) in [6.45, 7) is -0.238. The van der Waals surface area contributed by atoms with Crippen molar-refractivity contribution in [1.82, 2.24) is 4.31 Å². The second kappa shape index (κ2) is 7.29. The summed E-state index contributed by atoms with van der Waals surface area (Å²) in [6.07, 6.45) is 5.60. The molecule has 2 rings (SSSR count). The normalized spacial score (nSPS) is 17.5. The number of hydrogen-bond donors (Lipinski definition) is 1. The summed E-state index contributed by atoms with van der Waals surface area (Å²) in [5.74, 6) is 0. The van der Waals surface area contributed by atoms with Crippen LogP contribution in [0.2, 0.25) is 0 Å². The molecule has 0 saturated heterocycles. The molecule has 0 aliphatic heterocycles. The number of benzene rings is 1. The second-order valence-electron chi connectivity index (χ2n) is 5.88. The zero-order valence-electron chi connectivity index (χ0n) is 13.2. The lowest BCUT2D eigenvalue weighted by Gasteiger charge is -2.33. The molecule has 6 nitrogen and oxygen atoms in total. The van der Waals surface area contributed by atoms with Crippen LogP contribution in [0.5, 0.6) is 0 Å². The Balaban J connectivity index is 2.41. The van der Waals surface area contributed by atoms with Crippen LogP contribution < -0.4 is 0 Å². The molecule has 1 saturated carbocycles. The highest BCUT2D eigenvalue weighted by Crippen LogP contribution is 2.28. The molecule has 1 aliphatic rings. The summed E-state index contributed by atoms with van der Waals surface area (Å²) in [6, 6.07) is 5.27. The Hall–Kier alpha value is -0.960. The second-order valence-corrected chi connectivity index (χ2v) is 9.78. The van der Waals surface area contributed by atoms with Crippen LogP contribution in [0.1, 0.15) is 32.1 Å². The fourth-order valence-corrected chi connectivity index (χ4v) is 5.43. The predicted octanol–water partition coefficient (Wildman–Crippen LogP) is 1.41. The molecule has 0 aromatic heterocycles. The van der Waals surface area contributed by atoms with Crippen LogP contribution in [-0.4, -0.2) is 51.7 Å². The van der Waals surface area contributed by atoms with Crippen molar-refractivity contribution in [1.29, 1.82) is 0 Å². The quantitative estimate of drug-likeness (QED) is 0.827. The predicted molar refractivity (Wildman–Crippen MR) is 87.4 cm³/mol. The molecule has 0 radical (unpaired) electrons. The van der Waals surface area contributed by atoms with E-state index in [0.29, 0.717) is 0 Å². The highest BCUT2D eigenvalue weighted by atomic mass is 32.2. The highest BCUT2D eigenvalue weighted by molar-refractivity contribution is 7.91. The molecular formula is C15H23NO5S2. The third-order valence-corrected chi connectivity index (χ3v) is 7.20. The van der Waals surface area contributed by atoms with Gasteiger partial charge in [-0.05, 0) is 31.0 Å². The molecule has 8 heteroatoms. The van der Waals surface area contributed by atoms with Gasteiger partial charge in [-0.1, -0.05) is 25.3 Å². The number of nitrogens with zero attached hydrogens (tertiary/aromatic N) is 1. The van der Waals surface area contributed by atoms with E-state index in [4.69, 9.17) is 0 Å². The van der Waals surface area contributed by atoms with Crippen molar-refractivity contribution in [3.8, 4) is 0 Å². The van der Waals surface area contributed by atoms with Crippen molar-refractivity contribution in [2.24, 2.45) is 0 Å². The molecule has 0 unspecified atom stereocenters. The SMILES string of the molecule is CS(=O)(=O)c1cccc(S(=O)(=O)N(CCO)C2CCCCC2)c1. The summed E-state index contributed by atoms with van der Waals surface area (Å²) in [5.41, 5.74) is 0. The first-order chi connectivity index (χ1) is 10.8. The summed E-state index contributed by atoms with van der Waals surface area (Å²) >= 11 is 0. The fourth-order valence-electron chi connectivity index (χ4n) is 2.97. The van der Waals surface area contributed by atoms with Crippen LogP contribution in [0.25, 0.3) is 0 Å². The van der Waals surface area contributed by atoms with Gasteiger partial charge in [0.2, 0.25) is 10.0 Å². The molecule has 1 N–H and O–H groups in total. The average molecular weight is 361 g/mol. The van der Waals surface area contributed by atoms with E-state index in [1.165, 1.54) is 28.6 Å². The number of aliphatic hydroxyl groups is 1. The van der Waals surface area contributed by atoms with Crippen LogP contribution in [0, 0.1) is 0 Å². The third-order valence-electron chi connectivity index (χ3n) is 4.14. The molecule has 1 aromatic rings. The van der Waals surface area contributed by atoms with E-state index in [9.17, 15) is 21.9 Å². The molecule has 1 aromatic carbocycles. The van der Waals surface area contributed by atoms with Gasteiger partial charge in [0.25, 0.3) is 0 Å². The topological polar surface area (TPSA) is 91.8 Å². The van der Waals surface area contributed by atoms with Crippen molar-refractivity contribution in [2.45, 2.75) is 47.9 Å². The van der Waals surface area contributed by atoms with Gasteiger partial charge >= 0.3 is 0 Å². The number of rotatable bonds is 6. The van der Waals surface area contributed by atoms with E-state index in [2.05, 4.69) is 0 Å². The minimum absolute atomic E-state index is 0.0221. The Bertz CT molecular complexity index is 737. The molecule has 0 bridgehead atoms. The number of sulfonamides is 1. The van der Waals surface area contributed by atoms with E-state index in [0.717, 1.165) is 38.4 Å². The summed E-state index contributed by atoms with van der Waals surface area (Å²) in [4.78, 5) is -0.0642. The van der Waals surface area contributed by atoms with E-state index >= 15 is 0 Å². The van der Waals surface area contributed by atoms with Gasteiger partial charge in [0.05, 0.1) is 16.4 Å². The van der Waals surface area contributed by atoms with Crippen molar-refractivity contribution >= 4 is 19.9 Å². The number of hydrogen-bond acceptors (Lipinski definition) is 5. The Kier molecular flexibility index (Phi) is 5.83. The van der Waals surface area contributed by atoms with Gasteiger partial charge in [-0.15, -0.1) is 0 Å². The molecule has 0 amide bonds. The third kappa shape index (κ3) is 4.32. The largest absolute Gasteiger partial charge is 0.395 e. The van der Waals surface area contributed by atoms with Crippen molar-refractivity contribution in [3.05, 3.63) is 24.3 Å². The Morgan fingerprint density at radius 3 is 2.26 bits per heavy atom. The van der Waals surface area contributed by atoms with Gasteiger partial charge in [-0.25, -0.2) is 16.8 Å². The Labute approximate surface area is 138 Å². The summed E-state index contributed by atoms with van der Waals surface area (Å²) < 4.78 is 50.5.